The highest BCUT2D eigenvalue weighted by Crippen LogP contribution is 2.67. The molecule has 5 fully saturated rings. The Hall–Kier alpha value is -6.83. The molecule has 14 nitrogen and oxygen atoms in total. The summed E-state index contributed by atoms with van der Waals surface area (Å²) >= 11 is 0. The molecule has 6 heterocycles. The summed E-state index contributed by atoms with van der Waals surface area (Å²) < 4.78 is 35.2. The zero-order valence-electron chi connectivity index (χ0n) is 58.2. The second-order valence-electron chi connectivity index (χ2n) is 31.6. The Labute approximate surface area is 602 Å². The first-order chi connectivity index (χ1) is 49.4. The fourth-order valence-electron chi connectivity index (χ4n) is 21.8. The highest BCUT2D eigenvalue weighted by atomic mass is 33.1. The van der Waals surface area contributed by atoms with Crippen LogP contribution in [0.25, 0.3) is 17.2 Å². The Kier molecular flexibility index (Phi) is 18.4. The van der Waals surface area contributed by atoms with Gasteiger partial charge in [-0.15, -0.1) is 0 Å². The molecule has 5 aromatic rings. The lowest BCUT2D eigenvalue weighted by molar-refractivity contribution is -0.141. The molecule has 9 N–H and O–H groups in total. The van der Waals surface area contributed by atoms with E-state index in [0.29, 0.717) is 53.7 Å². The van der Waals surface area contributed by atoms with Gasteiger partial charge in [0.2, 0.25) is 0 Å². The summed E-state index contributed by atoms with van der Waals surface area (Å²) in [6.45, 7) is 1.63. The van der Waals surface area contributed by atoms with Crippen LogP contribution < -0.4 is 35.9 Å². The molecule has 17 rings (SSSR count). The van der Waals surface area contributed by atoms with Crippen molar-refractivity contribution in [2.24, 2.45) is 41.2 Å². The van der Waals surface area contributed by atoms with Gasteiger partial charge in [0.1, 0.15) is 42.0 Å². The number of benzene rings is 5. The molecule has 6 aliphatic heterocycles. The predicted molar refractivity (Wildman–Crippen MR) is 396 cm³/mol. The lowest BCUT2D eigenvalue weighted by Gasteiger charge is -2.50. The van der Waals surface area contributed by atoms with Crippen LogP contribution in [0.4, 0.5) is 0 Å². The van der Waals surface area contributed by atoms with Crippen molar-refractivity contribution in [3.8, 4) is 63.6 Å². The molecule has 5 aromatic carbocycles. The molecule has 3 spiro atoms. The maximum absolute atomic E-state index is 14.2. The average Bonchev–Trinajstić information content (AvgIpc) is 1.58. The highest BCUT2D eigenvalue weighted by molar-refractivity contribution is 8.77. The molecule has 0 aromatic heterocycles. The molecule has 12 aliphatic rings. The van der Waals surface area contributed by atoms with E-state index < -0.39 is 53.8 Å². The molecule has 11 bridgehead atoms. The van der Waals surface area contributed by atoms with Crippen LogP contribution >= 0.6 is 21.6 Å². The van der Waals surface area contributed by atoms with Crippen LogP contribution in [0.1, 0.15) is 183 Å². The summed E-state index contributed by atoms with van der Waals surface area (Å²) in [7, 11) is 5.63. The maximum Gasteiger partial charge on any atom is 0.302 e. The van der Waals surface area contributed by atoms with Crippen LogP contribution in [0.15, 0.2) is 108 Å². The average molecular weight is 1400 g/mol. The molecular weight excluding hydrogens is 1300 g/mol. The summed E-state index contributed by atoms with van der Waals surface area (Å²) in [5, 5.41) is 60.6. The molecule has 1 unspecified atom stereocenters. The lowest BCUT2D eigenvalue weighted by atomic mass is 9.54. The van der Waals surface area contributed by atoms with E-state index in [1.54, 1.807) is 13.2 Å². The van der Waals surface area contributed by atoms with Gasteiger partial charge in [-0.25, -0.2) is 0 Å². The minimum Gasteiger partial charge on any atom is -0.508 e. The Morgan fingerprint density at radius 3 is 2.47 bits per heavy atom. The number of nitrogens with one attached hydrogen (secondary N) is 3. The molecule has 4 saturated carbocycles. The van der Waals surface area contributed by atoms with Crippen molar-refractivity contribution in [1.29, 1.82) is 0 Å². The Morgan fingerprint density at radius 1 is 0.832 bits per heavy atom. The fraction of sp³-hybridized carbons (Fsp3) is 0.518. The van der Waals surface area contributed by atoms with Gasteiger partial charge < -0.3 is 65.8 Å². The molecule has 528 valence electrons. The number of phenols is 2. The number of allylic oxidation sites excluding steroid dienone is 3. The van der Waals surface area contributed by atoms with Crippen molar-refractivity contribution in [2.45, 2.75) is 193 Å². The first-order valence-electron chi connectivity index (χ1n) is 37.7. The Balaban J connectivity index is 1.01. The molecule has 101 heavy (non-hydrogen) atoms. The summed E-state index contributed by atoms with van der Waals surface area (Å²) in [4.78, 5) is 13.7. The number of aromatic hydroxyl groups is 2. The molecule has 1 saturated heterocycles. The van der Waals surface area contributed by atoms with Gasteiger partial charge in [0.05, 0.1) is 35.7 Å². The Morgan fingerprint density at radius 2 is 1.65 bits per heavy atom. The van der Waals surface area contributed by atoms with E-state index >= 15 is 0 Å². The highest BCUT2D eigenvalue weighted by Gasteiger charge is 2.58. The van der Waals surface area contributed by atoms with Crippen LogP contribution in [-0.4, -0.2) is 102 Å². The largest absolute Gasteiger partial charge is 0.508 e. The van der Waals surface area contributed by atoms with Crippen LogP contribution in [0.2, 0.25) is 0 Å². The zero-order chi connectivity index (χ0) is 68.7. The van der Waals surface area contributed by atoms with Gasteiger partial charge in [0.25, 0.3) is 0 Å². The first kappa shape index (κ1) is 67.4. The van der Waals surface area contributed by atoms with E-state index in [1.165, 1.54) is 30.0 Å². The van der Waals surface area contributed by atoms with Gasteiger partial charge in [0, 0.05) is 119 Å². The summed E-state index contributed by atoms with van der Waals surface area (Å²) in [6.07, 6.45) is 24.3. The van der Waals surface area contributed by atoms with Gasteiger partial charge >= 0.3 is 5.97 Å². The van der Waals surface area contributed by atoms with Crippen molar-refractivity contribution in [2.75, 3.05) is 46.0 Å². The van der Waals surface area contributed by atoms with Gasteiger partial charge in [0.15, 0.2) is 18.3 Å². The number of rotatable bonds is 9. The van der Waals surface area contributed by atoms with Crippen molar-refractivity contribution in [1.82, 2.24) is 16.0 Å². The van der Waals surface area contributed by atoms with E-state index in [0.717, 1.165) is 159 Å². The van der Waals surface area contributed by atoms with Crippen LogP contribution in [0.5, 0.6) is 28.7 Å². The van der Waals surface area contributed by atoms with Crippen LogP contribution in [0, 0.1) is 59.2 Å². The number of esters is 1. The van der Waals surface area contributed by atoms with E-state index in [4.69, 9.17) is 29.4 Å². The van der Waals surface area contributed by atoms with Gasteiger partial charge in [-0.05, 0) is 152 Å². The third kappa shape index (κ3) is 11.8. The second kappa shape index (κ2) is 27.7. The molecule has 15 atom stereocenters. The minimum absolute atomic E-state index is 0.00538. The number of carbonyl (C=O) groups excluding carboxylic acids is 1. The summed E-state index contributed by atoms with van der Waals surface area (Å²) in [5.41, 5.74) is 18.8. The first-order valence-corrected chi connectivity index (χ1v) is 40.1. The second-order valence-corrected chi connectivity index (χ2v) is 34.2. The van der Waals surface area contributed by atoms with Crippen molar-refractivity contribution >= 4 is 33.6 Å². The van der Waals surface area contributed by atoms with E-state index in [-0.39, 0.29) is 83.6 Å². The van der Waals surface area contributed by atoms with Crippen LogP contribution in [-0.2, 0) is 49.9 Å². The van der Waals surface area contributed by atoms with Gasteiger partial charge in [-0.3, -0.25) is 4.79 Å². The minimum atomic E-state index is -0.907. The maximum atomic E-state index is 14.2. The molecule has 0 radical (unpaired) electrons. The molecule has 0 amide bonds. The monoisotopic (exact) mass is 1400 g/mol. The number of carbonyl (C=O) groups is 1. The molecule has 16 heteroatoms. The number of nitrogens with two attached hydrogens (primary N) is 1. The van der Waals surface area contributed by atoms with E-state index in [1.807, 2.05) is 27.7 Å². The number of aliphatic hydroxyl groups is 2. The number of ether oxygens (including phenoxy) is 5. The smallest absolute Gasteiger partial charge is 0.302 e. The number of phenolic OH excluding ortho intramolecular Hbond substituents is 2. The van der Waals surface area contributed by atoms with Crippen molar-refractivity contribution in [3.63, 3.8) is 0 Å². The topological polar surface area (TPSA) is 206 Å². The van der Waals surface area contributed by atoms with Gasteiger partial charge in [-0.2, -0.15) is 0 Å². The third-order valence-electron chi connectivity index (χ3n) is 26.1. The number of aliphatic hydroxyl groups excluding tert-OH is 2. The van der Waals surface area contributed by atoms with Gasteiger partial charge in [-0.1, -0.05) is 163 Å². The van der Waals surface area contributed by atoms with Crippen LogP contribution in [0.3, 0.4) is 0 Å². The van der Waals surface area contributed by atoms with Crippen molar-refractivity contribution in [3.05, 3.63) is 164 Å². The number of fused-ring (bicyclic) bond motifs is 18. The molecular formula is C85H96N4O10S2. The number of dihydropyridines is 1. The summed E-state index contributed by atoms with van der Waals surface area (Å²) in [5.74, 6) is 16.6. The number of hydrogen-bond donors (Lipinski definition) is 8. The zero-order valence-corrected chi connectivity index (χ0v) is 59.8. The normalized spacial score (nSPS) is 31.9. The SMILES string of the molecule is COC[C@@H]1[C@@H](CO)CNCc2c(O)c3c(c4c2[C@@H]2C#CC5=C(C=CC(N)N5)[C@H]([C@H]5CC[C@@]6(Cc7cc(O)cc(OCO)c7-c7ccc8c(c76)O[C@H]4[C@H]8COC(C)=O)C5)C4(CCCCC4)c4cccc(c4)C4(CCCC4)[C@@H]1C#C2)C=C[C@@H]1N[C@@H]2CCC[C@H](CSS[C@@H](Cc4ccccc4)[C@@H]1O3)C2. The predicted octanol–water partition coefficient (Wildman–Crippen LogP) is 13.5. The lowest BCUT2D eigenvalue weighted by Crippen LogP contribution is -2.52. The number of hydrogen-bond acceptors (Lipinski definition) is 16. The quantitative estimate of drug-likeness (QED) is 0.0299. The van der Waals surface area contributed by atoms with Crippen molar-refractivity contribution < 1.29 is 48.9 Å². The summed E-state index contributed by atoms with van der Waals surface area (Å²) in [6, 6.07) is 28.3. The Bertz CT molecular complexity index is 4270. The number of methoxy groups -OCH3 is 1. The molecule has 6 aliphatic carbocycles. The van der Waals surface area contributed by atoms with E-state index in [2.05, 4.69) is 131 Å². The fourth-order valence-corrected chi connectivity index (χ4v) is 25.0. The standard InChI is InChI=1S/C85H96N4O10S2/c1-49(92)96-46-66-60-21-22-62-73-54(37-59(93)39-70(73)97-48-91)41-83-34-29-53(40-83)76-61-24-28-72(86)89-68(61)26-20-52-19-25-67(84(30-9-10-31-84)56-16-12-17-57(38-56)85(76)32-7-4-8-33-85)65(45-95-2)55(44-90)42-87-43-64-74(52)75(79(66)98-80(60)77(62)83)63-23-27-69-82(99-81(63)78(64)94)71(36-50-13-5-3-6-14-50)101-100-47-51-15-11-18-58(35-51)88-69/h3,5-6,12-14,16-17,21-24,27-28,37-39,51-53,55,58,65-67,69,71-72,76,79,82,87-91,93-94H,4,7-11,15,18,29-36,40-48,86H2,1-2H3/t51-,52-,53-,55+,58+,65+,66-,67+,69-,71-,72?,76-,79-,82+,83-/m0/s1. The van der Waals surface area contributed by atoms with E-state index in [9.17, 15) is 25.2 Å². The third-order valence-corrected chi connectivity index (χ3v) is 29.1.